The molecule has 2 aliphatic rings. The Labute approximate surface area is 125 Å². The van der Waals surface area contributed by atoms with E-state index in [1.807, 2.05) is 18.2 Å². The van der Waals surface area contributed by atoms with Crippen molar-refractivity contribution in [2.24, 2.45) is 0 Å². The summed E-state index contributed by atoms with van der Waals surface area (Å²) in [6, 6.07) is 8.68. The Bertz CT molecular complexity index is 430. The van der Waals surface area contributed by atoms with E-state index < -0.39 is 0 Å². The third-order valence-corrected chi connectivity index (χ3v) is 4.29. The molecule has 1 atom stereocenters. The topological polar surface area (TPSA) is 30.5 Å². The second-order valence-electron chi connectivity index (χ2n) is 5.64. The highest BCUT2D eigenvalue weighted by Crippen LogP contribution is 2.29. The van der Waals surface area contributed by atoms with Gasteiger partial charge >= 0.3 is 0 Å². The van der Waals surface area contributed by atoms with Crippen molar-refractivity contribution in [1.82, 2.24) is 5.32 Å². The Morgan fingerprint density at radius 2 is 1.95 bits per heavy atom. The molecule has 1 aliphatic heterocycles. The van der Waals surface area contributed by atoms with Gasteiger partial charge in [-0.1, -0.05) is 29.8 Å². The van der Waals surface area contributed by atoms with Crippen molar-refractivity contribution >= 4 is 11.6 Å². The molecule has 0 amide bonds. The van der Waals surface area contributed by atoms with E-state index >= 15 is 0 Å². The van der Waals surface area contributed by atoms with Crippen LogP contribution in [-0.4, -0.2) is 31.9 Å². The Kier molecular flexibility index (Phi) is 4.94. The molecule has 1 N–H and O–H groups in total. The van der Waals surface area contributed by atoms with Crippen LogP contribution >= 0.6 is 11.6 Å². The molecule has 110 valence electrons. The van der Waals surface area contributed by atoms with Crippen molar-refractivity contribution < 1.29 is 9.47 Å². The molecule has 0 radical (unpaired) electrons. The Morgan fingerprint density at radius 3 is 2.65 bits per heavy atom. The molecule has 1 unspecified atom stereocenters. The average molecular weight is 296 g/mol. The van der Waals surface area contributed by atoms with Gasteiger partial charge in [-0.15, -0.1) is 0 Å². The second-order valence-corrected chi connectivity index (χ2v) is 6.05. The van der Waals surface area contributed by atoms with E-state index in [9.17, 15) is 0 Å². The molecular formula is C16H22ClNO2. The number of nitrogens with one attached hydrogen (secondary N) is 1. The maximum atomic E-state index is 6.34. The standard InChI is InChI=1S/C16H22ClNO2/c17-15-4-2-1-3-14(15)16(11-18-12-5-6-12)20-13-7-9-19-10-8-13/h1-4,12-13,16,18H,5-11H2. The number of ether oxygens (including phenoxy) is 2. The number of halogens is 1. The zero-order valence-corrected chi connectivity index (χ0v) is 12.4. The van der Waals surface area contributed by atoms with Gasteiger partial charge in [-0.25, -0.2) is 0 Å². The van der Waals surface area contributed by atoms with Gasteiger partial charge in [0.2, 0.25) is 0 Å². The zero-order chi connectivity index (χ0) is 13.8. The lowest BCUT2D eigenvalue weighted by molar-refractivity contribution is -0.0689. The third-order valence-electron chi connectivity index (χ3n) is 3.95. The Balaban J connectivity index is 1.66. The lowest BCUT2D eigenvalue weighted by atomic mass is 10.1. The maximum absolute atomic E-state index is 6.34. The summed E-state index contributed by atoms with van der Waals surface area (Å²) in [7, 11) is 0. The molecule has 2 fully saturated rings. The van der Waals surface area contributed by atoms with Gasteiger partial charge in [-0.05, 0) is 31.7 Å². The lowest BCUT2D eigenvalue weighted by Gasteiger charge is -2.28. The molecule has 0 aromatic heterocycles. The minimum absolute atomic E-state index is 0.0346. The van der Waals surface area contributed by atoms with Crippen LogP contribution in [0.4, 0.5) is 0 Å². The number of benzene rings is 1. The van der Waals surface area contributed by atoms with Crippen LogP contribution in [0.2, 0.25) is 5.02 Å². The molecule has 1 aliphatic carbocycles. The molecule has 3 rings (SSSR count). The predicted octanol–water partition coefficient (Wildman–Crippen LogP) is 3.33. The van der Waals surface area contributed by atoms with Crippen LogP contribution < -0.4 is 5.32 Å². The van der Waals surface area contributed by atoms with E-state index in [0.717, 1.165) is 43.2 Å². The van der Waals surface area contributed by atoms with E-state index in [1.165, 1.54) is 12.8 Å². The van der Waals surface area contributed by atoms with Gasteiger partial charge in [0, 0.05) is 36.4 Å². The fourth-order valence-corrected chi connectivity index (χ4v) is 2.83. The first-order valence-corrected chi connectivity index (χ1v) is 7.92. The predicted molar refractivity (Wildman–Crippen MR) is 80.1 cm³/mol. The minimum atomic E-state index is 0.0346. The number of rotatable bonds is 6. The van der Waals surface area contributed by atoms with E-state index in [1.54, 1.807) is 0 Å². The van der Waals surface area contributed by atoms with Gasteiger partial charge in [0.15, 0.2) is 0 Å². The summed E-state index contributed by atoms with van der Waals surface area (Å²) < 4.78 is 11.7. The second kappa shape index (κ2) is 6.90. The molecule has 0 spiro atoms. The van der Waals surface area contributed by atoms with Gasteiger partial charge in [-0.3, -0.25) is 0 Å². The van der Waals surface area contributed by atoms with Crippen molar-refractivity contribution in [1.29, 1.82) is 0 Å². The van der Waals surface area contributed by atoms with Gasteiger partial charge in [0.1, 0.15) is 0 Å². The molecule has 1 aromatic rings. The van der Waals surface area contributed by atoms with Crippen LogP contribution in [0, 0.1) is 0 Å². The molecule has 0 bridgehead atoms. The van der Waals surface area contributed by atoms with Crippen LogP contribution in [0.3, 0.4) is 0 Å². The van der Waals surface area contributed by atoms with E-state index in [-0.39, 0.29) is 12.2 Å². The van der Waals surface area contributed by atoms with Crippen LogP contribution in [0.1, 0.15) is 37.4 Å². The molecular weight excluding hydrogens is 274 g/mol. The van der Waals surface area contributed by atoms with Gasteiger partial charge in [-0.2, -0.15) is 0 Å². The summed E-state index contributed by atoms with van der Waals surface area (Å²) >= 11 is 6.34. The molecule has 1 saturated carbocycles. The SMILES string of the molecule is Clc1ccccc1C(CNC1CC1)OC1CCOCC1. The van der Waals surface area contributed by atoms with Crippen molar-refractivity contribution in [3.63, 3.8) is 0 Å². The first-order valence-electron chi connectivity index (χ1n) is 7.54. The summed E-state index contributed by atoms with van der Waals surface area (Å²) in [4.78, 5) is 0. The normalized spacial score (nSPS) is 21.9. The minimum Gasteiger partial charge on any atom is -0.381 e. The van der Waals surface area contributed by atoms with Crippen molar-refractivity contribution in [2.45, 2.75) is 43.9 Å². The van der Waals surface area contributed by atoms with Crippen LogP contribution in [0.15, 0.2) is 24.3 Å². The highest BCUT2D eigenvalue weighted by Gasteiger charge is 2.26. The van der Waals surface area contributed by atoms with Gasteiger partial charge in [0.25, 0.3) is 0 Å². The fourth-order valence-electron chi connectivity index (χ4n) is 2.57. The summed E-state index contributed by atoms with van der Waals surface area (Å²) in [5.74, 6) is 0. The zero-order valence-electron chi connectivity index (χ0n) is 11.7. The van der Waals surface area contributed by atoms with Crippen molar-refractivity contribution in [3.8, 4) is 0 Å². The van der Waals surface area contributed by atoms with Crippen LogP contribution in [-0.2, 0) is 9.47 Å². The fraction of sp³-hybridized carbons (Fsp3) is 0.625. The summed E-state index contributed by atoms with van der Waals surface area (Å²) in [6.45, 7) is 2.44. The van der Waals surface area contributed by atoms with Crippen LogP contribution in [0.25, 0.3) is 0 Å². The average Bonchev–Trinajstić information content (AvgIpc) is 3.29. The van der Waals surface area contributed by atoms with E-state index in [4.69, 9.17) is 21.1 Å². The third kappa shape index (κ3) is 3.95. The summed E-state index contributed by atoms with van der Waals surface area (Å²) in [5, 5.41) is 4.35. The summed E-state index contributed by atoms with van der Waals surface area (Å²) in [5.41, 5.74) is 1.09. The molecule has 1 heterocycles. The molecule has 3 nitrogen and oxygen atoms in total. The highest BCUT2D eigenvalue weighted by atomic mass is 35.5. The van der Waals surface area contributed by atoms with E-state index in [0.29, 0.717) is 6.04 Å². The number of hydrogen-bond donors (Lipinski definition) is 1. The van der Waals surface area contributed by atoms with Crippen molar-refractivity contribution in [3.05, 3.63) is 34.9 Å². The summed E-state index contributed by atoms with van der Waals surface area (Å²) in [6.07, 6.45) is 4.84. The monoisotopic (exact) mass is 295 g/mol. The molecule has 4 heteroatoms. The van der Waals surface area contributed by atoms with E-state index in [2.05, 4.69) is 11.4 Å². The first-order chi connectivity index (χ1) is 9.83. The largest absolute Gasteiger partial charge is 0.381 e. The smallest absolute Gasteiger partial charge is 0.0967 e. The first kappa shape index (κ1) is 14.3. The van der Waals surface area contributed by atoms with Crippen LogP contribution in [0.5, 0.6) is 0 Å². The number of hydrogen-bond acceptors (Lipinski definition) is 3. The Morgan fingerprint density at radius 1 is 1.20 bits per heavy atom. The van der Waals surface area contributed by atoms with Gasteiger partial charge < -0.3 is 14.8 Å². The Hall–Kier alpha value is -0.610. The lowest BCUT2D eigenvalue weighted by Crippen LogP contribution is -2.31. The molecule has 1 aromatic carbocycles. The quantitative estimate of drug-likeness (QED) is 0.873. The van der Waals surface area contributed by atoms with Crippen molar-refractivity contribution in [2.75, 3.05) is 19.8 Å². The highest BCUT2D eigenvalue weighted by molar-refractivity contribution is 6.31. The molecule has 20 heavy (non-hydrogen) atoms. The van der Waals surface area contributed by atoms with Gasteiger partial charge in [0.05, 0.1) is 12.2 Å². The maximum Gasteiger partial charge on any atom is 0.0967 e. The molecule has 1 saturated heterocycles.